The van der Waals surface area contributed by atoms with Crippen molar-refractivity contribution in [3.63, 3.8) is 0 Å². The van der Waals surface area contributed by atoms with E-state index in [-0.39, 0.29) is 11.3 Å². The number of carbonyl (C=O) groups excluding carboxylic acids is 1. The summed E-state index contributed by atoms with van der Waals surface area (Å²) in [5.41, 5.74) is -0.141. The smallest absolute Gasteiger partial charge is 0.226 e. The molecule has 3 nitrogen and oxygen atoms in total. The first kappa shape index (κ1) is 13.9. The van der Waals surface area contributed by atoms with Crippen LogP contribution in [-0.2, 0) is 4.79 Å². The Morgan fingerprint density at radius 3 is 2.44 bits per heavy atom. The van der Waals surface area contributed by atoms with Crippen molar-refractivity contribution in [3.8, 4) is 0 Å². The van der Waals surface area contributed by atoms with E-state index in [9.17, 15) is 4.79 Å². The monoisotopic (exact) mass is 252 g/mol. The highest BCUT2D eigenvalue weighted by molar-refractivity contribution is 5.82. The maximum atomic E-state index is 12.4. The Morgan fingerprint density at radius 2 is 1.83 bits per heavy atom. The average Bonchev–Trinajstić information content (AvgIpc) is 2.35. The quantitative estimate of drug-likeness (QED) is 0.792. The first-order valence-electron chi connectivity index (χ1n) is 7.53. The molecule has 1 aliphatic heterocycles. The van der Waals surface area contributed by atoms with Gasteiger partial charge in [-0.1, -0.05) is 20.8 Å². The van der Waals surface area contributed by atoms with Crippen molar-refractivity contribution in [2.75, 3.05) is 13.1 Å². The summed E-state index contributed by atoms with van der Waals surface area (Å²) in [5.74, 6) is 1.84. The number of rotatable bonds is 2. The van der Waals surface area contributed by atoms with Crippen LogP contribution in [0.1, 0.15) is 52.9 Å². The molecule has 0 radical (unpaired) electrons. The second-order valence-corrected chi connectivity index (χ2v) is 6.75. The topological polar surface area (TPSA) is 41.1 Å². The van der Waals surface area contributed by atoms with Crippen LogP contribution >= 0.6 is 0 Å². The van der Waals surface area contributed by atoms with Crippen LogP contribution in [0, 0.1) is 17.3 Å². The molecule has 3 unspecified atom stereocenters. The van der Waals surface area contributed by atoms with E-state index in [0.717, 1.165) is 50.6 Å². The van der Waals surface area contributed by atoms with Gasteiger partial charge in [0.25, 0.3) is 0 Å². The molecular formula is C15H28N2O. The highest BCUT2D eigenvalue weighted by Crippen LogP contribution is 2.32. The summed E-state index contributed by atoms with van der Waals surface area (Å²) >= 11 is 0. The van der Waals surface area contributed by atoms with Gasteiger partial charge in [0.05, 0.1) is 0 Å². The lowest BCUT2D eigenvalue weighted by Crippen LogP contribution is -2.50. The SMILES string of the molecule is CC1CCC(NC(=O)C2(C)CCNCC2)CC1C. The number of hydrogen-bond acceptors (Lipinski definition) is 2. The van der Waals surface area contributed by atoms with Gasteiger partial charge in [0.1, 0.15) is 0 Å². The van der Waals surface area contributed by atoms with Crippen LogP contribution in [0.25, 0.3) is 0 Å². The molecule has 1 saturated carbocycles. The lowest BCUT2D eigenvalue weighted by molar-refractivity contribution is -0.132. The van der Waals surface area contributed by atoms with Crippen molar-refractivity contribution in [1.29, 1.82) is 0 Å². The fraction of sp³-hybridized carbons (Fsp3) is 0.933. The van der Waals surface area contributed by atoms with Crippen LogP contribution in [0.3, 0.4) is 0 Å². The van der Waals surface area contributed by atoms with Gasteiger partial charge >= 0.3 is 0 Å². The minimum absolute atomic E-state index is 0.141. The molecule has 2 aliphatic rings. The molecule has 2 N–H and O–H groups in total. The van der Waals surface area contributed by atoms with E-state index < -0.39 is 0 Å². The minimum Gasteiger partial charge on any atom is -0.353 e. The molecule has 2 fully saturated rings. The molecular weight excluding hydrogens is 224 g/mol. The van der Waals surface area contributed by atoms with Crippen molar-refractivity contribution >= 4 is 5.91 Å². The number of piperidine rings is 1. The van der Waals surface area contributed by atoms with Gasteiger partial charge < -0.3 is 10.6 Å². The standard InChI is InChI=1S/C15H28N2O/c1-11-4-5-13(10-12(11)2)17-14(18)15(3)6-8-16-9-7-15/h11-13,16H,4-10H2,1-3H3,(H,17,18). The molecule has 0 spiro atoms. The lowest BCUT2D eigenvalue weighted by atomic mass is 9.77. The Kier molecular flexibility index (Phi) is 4.31. The lowest BCUT2D eigenvalue weighted by Gasteiger charge is -2.37. The summed E-state index contributed by atoms with van der Waals surface area (Å²) in [6.45, 7) is 8.72. The second kappa shape index (κ2) is 5.60. The Labute approximate surface area is 111 Å². The van der Waals surface area contributed by atoms with Crippen molar-refractivity contribution in [1.82, 2.24) is 10.6 Å². The predicted molar refractivity (Wildman–Crippen MR) is 74.3 cm³/mol. The van der Waals surface area contributed by atoms with Gasteiger partial charge in [-0.05, 0) is 57.0 Å². The van der Waals surface area contributed by atoms with Gasteiger partial charge in [-0.25, -0.2) is 0 Å². The van der Waals surface area contributed by atoms with Crippen LogP contribution < -0.4 is 10.6 Å². The third-order valence-corrected chi connectivity index (χ3v) is 5.19. The van der Waals surface area contributed by atoms with E-state index in [1.807, 2.05) is 0 Å². The number of hydrogen-bond donors (Lipinski definition) is 2. The average molecular weight is 252 g/mol. The zero-order valence-electron chi connectivity index (χ0n) is 12.1. The van der Waals surface area contributed by atoms with E-state index in [0.29, 0.717) is 6.04 Å². The van der Waals surface area contributed by atoms with Gasteiger partial charge in [0.2, 0.25) is 5.91 Å². The molecule has 0 aromatic rings. The fourth-order valence-electron chi connectivity index (χ4n) is 3.24. The van der Waals surface area contributed by atoms with Gasteiger partial charge in [0.15, 0.2) is 0 Å². The second-order valence-electron chi connectivity index (χ2n) is 6.75. The maximum Gasteiger partial charge on any atom is 0.226 e. The normalized spacial score (nSPS) is 36.1. The zero-order chi connectivity index (χ0) is 13.2. The van der Waals surface area contributed by atoms with Crippen molar-refractivity contribution < 1.29 is 4.79 Å². The molecule has 104 valence electrons. The molecule has 3 heteroatoms. The van der Waals surface area contributed by atoms with Crippen molar-refractivity contribution in [3.05, 3.63) is 0 Å². The number of nitrogens with one attached hydrogen (secondary N) is 2. The van der Waals surface area contributed by atoms with Gasteiger partial charge in [-0.3, -0.25) is 4.79 Å². The Balaban J connectivity index is 1.87. The number of carbonyl (C=O) groups is 1. The third-order valence-electron chi connectivity index (χ3n) is 5.19. The molecule has 0 aromatic carbocycles. The van der Waals surface area contributed by atoms with Gasteiger partial charge in [-0.15, -0.1) is 0 Å². The summed E-state index contributed by atoms with van der Waals surface area (Å²) < 4.78 is 0. The zero-order valence-corrected chi connectivity index (χ0v) is 12.1. The van der Waals surface area contributed by atoms with Crippen molar-refractivity contribution in [2.24, 2.45) is 17.3 Å². The van der Waals surface area contributed by atoms with Crippen LogP contribution in [-0.4, -0.2) is 25.0 Å². The summed E-state index contributed by atoms with van der Waals surface area (Å²) in [7, 11) is 0. The minimum atomic E-state index is -0.141. The Morgan fingerprint density at radius 1 is 1.17 bits per heavy atom. The van der Waals surface area contributed by atoms with Gasteiger partial charge in [0, 0.05) is 11.5 Å². The van der Waals surface area contributed by atoms with E-state index >= 15 is 0 Å². The predicted octanol–water partition coefficient (Wildman–Crippen LogP) is 2.32. The molecule has 18 heavy (non-hydrogen) atoms. The molecule has 0 bridgehead atoms. The Bertz CT molecular complexity index is 297. The van der Waals surface area contributed by atoms with Crippen molar-refractivity contribution in [2.45, 2.75) is 58.9 Å². The largest absolute Gasteiger partial charge is 0.353 e. The Hall–Kier alpha value is -0.570. The fourth-order valence-corrected chi connectivity index (χ4v) is 3.24. The molecule has 2 rings (SSSR count). The summed E-state index contributed by atoms with van der Waals surface area (Å²) in [6.07, 6.45) is 5.51. The molecule has 1 aliphatic carbocycles. The molecule has 1 amide bonds. The van der Waals surface area contributed by atoms with E-state index in [1.54, 1.807) is 0 Å². The van der Waals surface area contributed by atoms with Crippen LogP contribution in [0.2, 0.25) is 0 Å². The first-order valence-corrected chi connectivity index (χ1v) is 7.53. The molecule has 0 aromatic heterocycles. The third kappa shape index (κ3) is 3.05. The summed E-state index contributed by atoms with van der Waals surface area (Å²) in [6, 6.07) is 0.412. The van der Waals surface area contributed by atoms with E-state index in [1.165, 1.54) is 6.42 Å². The van der Waals surface area contributed by atoms with Crippen LogP contribution in [0.5, 0.6) is 0 Å². The van der Waals surface area contributed by atoms with Gasteiger partial charge in [-0.2, -0.15) is 0 Å². The molecule has 1 saturated heterocycles. The highest BCUT2D eigenvalue weighted by atomic mass is 16.2. The first-order chi connectivity index (χ1) is 8.51. The molecule has 1 heterocycles. The van der Waals surface area contributed by atoms with Crippen LogP contribution in [0.4, 0.5) is 0 Å². The molecule has 3 atom stereocenters. The highest BCUT2D eigenvalue weighted by Gasteiger charge is 2.36. The van der Waals surface area contributed by atoms with E-state index in [2.05, 4.69) is 31.4 Å². The summed E-state index contributed by atoms with van der Waals surface area (Å²) in [5, 5.41) is 6.64. The maximum absolute atomic E-state index is 12.4. The van der Waals surface area contributed by atoms with Crippen LogP contribution in [0.15, 0.2) is 0 Å². The van der Waals surface area contributed by atoms with E-state index in [4.69, 9.17) is 0 Å². The number of amides is 1. The summed E-state index contributed by atoms with van der Waals surface area (Å²) in [4.78, 5) is 12.4.